The van der Waals surface area contributed by atoms with E-state index in [4.69, 9.17) is 0 Å². The lowest BCUT2D eigenvalue weighted by atomic mass is 9.95. The van der Waals surface area contributed by atoms with Crippen LogP contribution in [0, 0.1) is 19.7 Å². The first-order valence-corrected chi connectivity index (χ1v) is 14.7. The maximum Gasteiger partial charge on any atom is 0.244 e. The molecule has 2 amide bonds. The third-order valence-electron chi connectivity index (χ3n) is 7.13. The van der Waals surface area contributed by atoms with Gasteiger partial charge >= 0.3 is 0 Å². The van der Waals surface area contributed by atoms with E-state index in [2.05, 4.69) is 5.32 Å². The van der Waals surface area contributed by atoms with Gasteiger partial charge in [-0.15, -0.1) is 0 Å². The summed E-state index contributed by atoms with van der Waals surface area (Å²) < 4.78 is 40.3. The lowest BCUT2D eigenvalue weighted by molar-refractivity contribution is -0.140. The normalized spacial score (nSPS) is 15.2. The van der Waals surface area contributed by atoms with Crippen LogP contribution in [0.5, 0.6) is 0 Å². The van der Waals surface area contributed by atoms with Crippen molar-refractivity contribution in [3.05, 3.63) is 65.0 Å². The van der Waals surface area contributed by atoms with Crippen LogP contribution in [0.2, 0.25) is 0 Å². The molecule has 2 aromatic carbocycles. The number of hydrogen-bond acceptors (Lipinski definition) is 4. The molecule has 7 nitrogen and oxygen atoms in total. The van der Waals surface area contributed by atoms with Crippen LogP contribution in [0.15, 0.2) is 42.5 Å². The molecule has 1 aliphatic rings. The number of rotatable bonds is 10. The molecule has 2 aromatic rings. The Morgan fingerprint density at radius 2 is 1.70 bits per heavy atom. The summed E-state index contributed by atoms with van der Waals surface area (Å²) in [6.45, 7) is 5.13. The van der Waals surface area contributed by atoms with Gasteiger partial charge in [-0.05, 0) is 68.0 Å². The first-order chi connectivity index (χ1) is 17.5. The number of amides is 2. The van der Waals surface area contributed by atoms with Crippen molar-refractivity contribution in [1.29, 1.82) is 0 Å². The molecule has 1 saturated carbocycles. The Bertz CT molecular complexity index is 1190. The predicted molar refractivity (Wildman–Crippen MR) is 144 cm³/mol. The van der Waals surface area contributed by atoms with Gasteiger partial charge in [0.05, 0.1) is 11.9 Å². The molecule has 1 N–H and O–H groups in total. The van der Waals surface area contributed by atoms with E-state index < -0.39 is 34.3 Å². The molecule has 0 heterocycles. The Morgan fingerprint density at radius 3 is 2.30 bits per heavy atom. The summed E-state index contributed by atoms with van der Waals surface area (Å²) in [6.07, 6.45) is 6.50. The van der Waals surface area contributed by atoms with E-state index >= 15 is 0 Å². The van der Waals surface area contributed by atoms with Crippen LogP contribution in [-0.4, -0.2) is 50.0 Å². The van der Waals surface area contributed by atoms with Crippen molar-refractivity contribution >= 4 is 27.5 Å². The smallest absolute Gasteiger partial charge is 0.244 e. The largest absolute Gasteiger partial charge is 0.352 e. The average Bonchev–Trinajstić information content (AvgIpc) is 2.85. The highest BCUT2D eigenvalue weighted by atomic mass is 32.2. The lowest BCUT2D eigenvalue weighted by Crippen LogP contribution is -2.54. The molecule has 1 atom stereocenters. The van der Waals surface area contributed by atoms with E-state index in [1.807, 2.05) is 26.8 Å². The van der Waals surface area contributed by atoms with Crippen molar-refractivity contribution in [3.8, 4) is 0 Å². The molecule has 0 bridgehead atoms. The van der Waals surface area contributed by atoms with Gasteiger partial charge in [-0.2, -0.15) is 0 Å². The van der Waals surface area contributed by atoms with E-state index in [0.29, 0.717) is 17.7 Å². The summed E-state index contributed by atoms with van der Waals surface area (Å²) in [4.78, 5) is 28.6. The highest BCUT2D eigenvalue weighted by Crippen LogP contribution is 2.26. The number of sulfonamides is 1. The number of nitrogens with one attached hydrogen (secondary N) is 1. The summed E-state index contributed by atoms with van der Waals surface area (Å²) >= 11 is 0. The maximum atomic E-state index is 13.8. The van der Waals surface area contributed by atoms with Crippen molar-refractivity contribution in [2.75, 3.05) is 17.1 Å². The Morgan fingerprint density at radius 1 is 1.05 bits per heavy atom. The van der Waals surface area contributed by atoms with Crippen LogP contribution in [0.4, 0.5) is 10.1 Å². The summed E-state index contributed by atoms with van der Waals surface area (Å²) in [7, 11) is -3.80. The zero-order valence-corrected chi connectivity index (χ0v) is 23.0. The van der Waals surface area contributed by atoms with Crippen LogP contribution < -0.4 is 9.62 Å². The second-order valence-corrected chi connectivity index (χ2v) is 11.8. The van der Waals surface area contributed by atoms with Gasteiger partial charge in [0, 0.05) is 12.6 Å². The zero-order valence-electron chi connectivity index (χ0n) is 22.2. The number of halogens is 1. The van der Waals surface area contributed by atoms with Crippen LogP contribution in [0.3, 0.4) is 0 Å². The highest BCUT2D eigenvalue weighted by Gasteiger charge is 2.33. The number of hydrogen-bond donors (Lipinski definition) is 1. The van der Waals surface area contributed by atoms with Gasteiger partial charge in [-0.25, -0.2) is 12.8 Å². The SMILES string of the molecule is CCC(C(=O)NC1CCCCC1)N(Cc1ccc(F)cc1)C(=O)CN(c1cccc(C)c1C)S(C)(=O)=O. The molecule has 0 spiro atoms. The van der Waals surface area contributed by atoms with Crippen molar-refractivity contribution in [2.45, 2.75) is 77.9 Å². The van der Waals surface area contributed by atoms with E-state index in [1.165, 1.54) is 17.0 Å². The molecule has 1 fully saturated rings. The summed E-state index contributed by atoms with van der Waals surface area (Å²) in [5, 5.41) is 3.11. The number of aryl methyl sites for hydroxylation is 1. The minimum absolute atomic E-state index is 0.0557. The van der Waals surface area contributed by atoms with Gasteiger partial charge < -0.3 is 10.2 Å². The van der Waals surface area contributed by atoms with E-state index in [0.717, 1.165) is 53.8 Å². The van der Waals surface area contributed by atoms with E-state index in [9.17, 15) is 22.4 Å². The average molecular weight is 532 g/mol. The Kier molecular flexibility index (Phi) is 9.70. The molecule has 3 rings (SSSR count). The molecule has 0 saturated heterocycles. The summed E-state index contributed by atoms with van der Waals surface area (Å²) in [5.41, 5.74) is 2.74. The monoisotopic (exact) mass is 531 g/mol. The summed E-state index contributed by atoms with van der Waals surface area (Å²) in [5.74, 6) is -1.15. The van der Waals surface area contributed by atoms with Crippen molar-refractivity contribution in [3.63, 3.8) is 0 Å². The molecule has 0 aliphatic heterocycles. The van der Waals surface area contributed by atoms with Gasteiger partial charge in [0.15, 0.2) is 0 Å². The van der Waals surface area contributed by atoms with Crippen molar-refractivity contribution < 1.29 is 22.4 Å². The number of benzene rings is 2. The first-order valence-electron chi connectivity index (χ1n) is 12.9. The molecule has 9 heteroatoms. The Balaban J connectivity index is 1.93. The third kappa shape index (κ3) is 7.53. The van der Waals surface area contributed by atoms with Crippen molar-refractivity contribution in [1.82, 2.24) is 10.2 Å². The number of carbonyl (C=O) groups is 2. The molecule has 1 aliphatic carbocycles. The van der Waals surface area contributed by atoms with Gasteiger partial charge in [0.1, 0.15) is 18.4 Å². The lowest BCUT2D eigenvalue weighted by Gasteiger charge is -2.34. The van der Waals surface area contributed by atoms with Crippen LogP contribution in [0.1, 0.15) is 62.1 Å². The van der Waals surface area contributed by atoms with Crippen LogP contribution in [-0.2, 0) is 26.2 Å². The molecule has 1 unspecified atom stereocenters. The van der Waals surface area contributed by atoms with Gasteiger partial charge in [0.25, 0.3) is 0 Å². The topological polar surface area (TPSA) is 86.8 Å². The van der Waals surface area contributed by atoms with Gasteiger partial charge in [-0.1, -0.05) is 50.5 Å². The molecular formula is C28H38FN3O4S. The van der Waals surface area contributed by atoms with Crippen molar-refractivity contribution in [2.24, 2.45) is 0 Å². The number of carbonyl (C=O) groups excluding carboxylic acids is 2. The van der Waals surface area contributed by atoms with Crippen LogP contribution >= 0.6 is 0 Å². The molecule has 0 radical (unpaired) electrons. The van der Waals surface area contributed by atoms with Gasteiger partial charge in [0.2, 0.25) is 21.8 Å². The Labute approximate surface area is 220 Å². The molecule has 37 heavy (non-hydrogen) atoms. The second-order valence-electron chi connectivity index (χ2n) is 9.90. The highest BCUT2D eigenvalue weighted by molar-refractivity contribution is 7.92. The molecule has 0 aromatic heterocycles. The predicted octanol–water partition coefficient (Wildman–Crippen LogP) is 4.46. The minimum atomic E-state index is -3.80. The van der Waals surface area contributed by atoms with E-state index in [1.54, 1.807) is 24.3 Å². The standard InChI is InChI=1S/C28H38FN3O4S/c1-5-25(28(34)30-24-11-7-6-8-12-24)31(18-22-14-16-23(29)17-15-22)27(33)19-32(37(4,35)36)26-13-9-10-20(2)21(26)3/h9-10,13-17,24-25H,5-8,11-12,18-19H2,1-4H3,(H,30,34). The number of nitrogens with zero attached hydrogens (tertiary/aromatic N) is 2. The molecule has 202 valence electrons. The fourth-order valence-corrected chi connectivity index (χ4v) is 5.75. The fourth-order valence-electron chi connectivity index (χ4n) is 4.85. The first kappa shape index (κ1) is 28.6. The van der Waals surface area contributed by atoms with Crippen LogP contribution in [0.25, 0.3) is 0 Å². The fraction of sp³-hybridized carbons (Fsp3) is 0.500. The maximum absolute atomic E-state index is 13.8. The third-order valence-corrected chi connectivity index (χ3v) is 8.25. The quantitative estimate of drug-likeness (QED) is 0.490. The number of anilines is 1. The van der Waals surface area contributed by atoms with E-state index in [-0.39, 0.29) is 18.5 Å². The second kappa shape index (κ2) is 12.5. The summed E-state index contributed by atoms with van der Waals surface area (Å²) in [6, 6.07) is 10.3. The zero-order chi connectivity index (χ0) is 27.2. The molecular weight excluding hydrogens is 493 g/mol. The van der Waals surface area contributed by atoms with Gasteiger partial charge in [-0.3, -0.25) is 13.9 Å². The minimum Gasteiger partial charge on any atom is -0.352 e. The Hall–Kier alpha value is -2.94.